The van der Waals surface area contributed by atoms with Crippen molar-refractivity contribution in [2.24, 2.45) is 5.73 Å². The Morgan fingerprint density at radius 3 is 2.78 bits per heavy atom. The minimum absolute atomic E-state index is 0.232. The number of aromatic nitrogens is 2. The molecular formula is C17H17FN4O. The maximum atomic E-state index is 14.2. The van der Waals surface area contributed by atoms with Crippen LogP contribution in [0.15, 0.2) is 42.7 Å². The minimum Gasteiger partial charge on any atom is -0.346 e. The summed E-state index contributed by atoms with van der Waals surface area (Å²) < 4.78 is 14.2. The summed E-state index contributed by atoms with van der Waals surface area (Å²) in [7, 11) is 0. The van der Waals surface area contributed by atoms with Crippen molar-refractivity contribution in [2.45, 2.75) is 19.4 Å². The molecule has 0 aliphatic carbocycles. The van der Waals surface area contributed by atoms with Crippen LogP contribution in [0.5, 0.6) is 0 Å². The molecule has 1 aromatic carbocycles. The van der Waals surface area contributed by atoms with Gasteiger partial charge in [0, 0.05) is 34.4 Å². The number of carbonyl (C=O) groups is 1. The van der Waals surface area contributed by atoms with Gasteiger partial charge < -0.3 is 16.0 Å². The summed E-state index contributed by atoms with van der Waals surface area (Å²) in [6.07, 6.45) is 3.33. The molecule has 0 atom stereocenters. The van der Waals surface area contributed by atoms with Crippen LogP contribution in [0.4, 0.5) is 10.1 Å². The van der Waals surface area contributed by atoms with Crippen molar-refractivity contribution < 1.29 is 9.18 Å². The second-order valence-electron chi connectivity index (χ2n) is 5.97. The maximum absolute atomic E-state index is 14.2. The summed E-state index contributed by atoms with van der Waals surface area (Å²) in [5, 5.41) is 3.57. The van der Waals surface area contributed by atoms with Crippen LogP contribution in [0.3, 0.4) is 0 Å². The Bertz CT molecular complexity index is 880. The van der Waals surface area contributed by atoms with E-state index in [0.717, 1.165) is 5.39 Å². The normalized spacial score (nSPS) is 11.7. The number of halogens is 1. The standard InChI is InChI=1S/C17H17FN4O/c1-17(2,19)12-4-3-10(9-13(12)18)16(23)22-14-6-8-21-15-11(14)5-7-20-15/h3-9H,19H2,1-2H3,(H2,20,21,22,23). The van der Waals surface area contributed by atoms with Gasteiger partial charge in [0.15, 0.2) is 0 Å². The van der Waals surface area contributed by atoms with Gasteiger partial charge in [-0.15, -0.1) is 0 Å². The molecule has 3 rings (SSSR count). The van der Waals surface area contributed by atoms with Gasteiger partial charge in [0.2, 0.25) is 0 Å². The van der Waals surface area contributed by atoms with Crippen molar-refractivity contribution >= 4 is 22.6 Å². The highest BCUT2D eigenvalue weighted by Gasteiger charge is 2.20. The Morgan fingerprint density at radius 2 is 2.09 bits per heavy atom. The molecule has 2 heterocycles. The average molecular weight is 312 g/mol. The Hall–Kier alpha value is -2.73. The summed E-state index contributed by atoms with van der Waals surface area (Å²) in [5.41, 5.74) is 6.99. The molecule has 5 nitrogen and oxygen atoms in total. The highest BCUT2D eigenvalue weighted by atomic mass is 19.1. The third-order valence-electron chi connectivity index (χ3n) is 3.63. The molecule has 1 amide bonds. The predicted molar refractivity (Wildman–Crippen MR) is 87.7 cm³/mol. The van der Waals surface area contributed by atoms with Crippen LogP contribution in [0.1, 0.15) is 29.8 Å². The van der Waals surface area contributed by atoms with E-state index in [1.165, 1.54) is 6.07 Å². The van der Waals surface area contributed by atoms with E-state index >= 15 is 0 Å². The monoisotopic (exact) mass is 312 g/mol. The third-order valence-corrected chi connectivity index (χ3v) is 3.63. The van der Waals surface area contributed by atoms with E-state index < -0.39 is 11.4 Å². The highest BCUT2D eigenvalue weighted by molar-refractivity contribution is 6.08. The van der Waals surface area contributed by atoms with E-state index in [2.05, 4.69) is 15.3 Å². The van der Waals surface area contributed by atoms with Gasteiger partial charge in [0.05, 0.1) is 5.69 Å². The molecule has 0 radical (unpaired) electrons. The first-order chi connectivity index (χ1) is 10.9. The number of nitrogens with zero attached hydrogens (tertiary/aromatic N) is 1. The van der Waals surface area contributed by atoms with Gasteiger partial charge in [0.25, 0.3) is 5.91 Å². The number of nitrogens with two attached hydrogens (primary N) is 1. The number of amides is 1. The number of pyridine rings is 1. The lowest BCUT2D eigenvalue weighted by Gasteiger charge is -2.20. The summed E-state index contributed by atoms with van der Waals surface area (Å²) >= 11 is 0. The SMILES string of the molecule is CC(C)(N)c1ccc(C(=O)Nc2ccnc3[nH]ccc23)cc1F. The molecule has 0 aliphatic rings. The van der Waals surface area contributed by atoms with Crippen LogP contribution in [-0.4, -0.2) is 15.9 Å². The van der Waals surface area contributed by atoms with Gasteiger partial charge in [-0.1, -0.05) is 6.07 Å². The van der Waals surface area contributed by atoms with Crippen molar-refractivity contribution in [1.82, 2.24) is 9.97 Å². The summed E-state index contributed by atoms with van der Waals surface area (Å²) in [6.45, 7) is 3.43. The zero-order chi connectivity index (χ0) is 16.6. The van der Waals surface area contributed by atoms with Crippen molar-refractivity contribution in [3.05, 3.63) is 59.7 Å². The lowest BCUT2D eigenvalue weighted by molar-refractivity contribution is 0.102. The van der Waals surface area contributed by atoms with Crippen LogP contribution in [0.25, 0.3) is 11.0 Å². The smallest absolute Gasteiger partial charge is 0.255 e. The number of fused-ring (bicyclic) bond motifs is 1. The van der Waals surface area contributed by atoms with Gasteiger partial charge in [-0.2, -0.15) is 0 Å². The fraction of sp³-hybridized carbons (Fsp3) is 0.176. The first kappa shape index (κ1) is 15.2. The topological polar surface area (TPSA) is 83.8 Å². The molecule has 23 heavy (non-hydrogen) atoms. The molecule has 118 valence electrons. The number of hydrogen-bond donors (Lipinski definition) is 3. The molecule has 0 saturated heterocycles. The van der Waals surface area contributed by atoms with Crippen LogP contribution in [-0.2, 0) is 5.54 Å². The molecule has 0 saturated carbocycles. The van der Waals surface area contributed by atoms with Crippen LogP contribution in [0.2, 0.25) is 0 Å². The Kier molecular flexibility index (Phi) is 3.61. The lowest BCUT2D eigenvalue weighted by Crippen LogP contribution is -2.30. The Morgan fingerprint density at radius 1 is 1.30 bits per heavy atom. The van der Waals surface area contributed by atoms with Gasteiger partial charge in [-0.05, 0) is 38.1 Å². The molecule has 4 N–H and O–H groups in total. The highest BCUT2D eigenvalue weighted by Crippen LogP contribution is 2.23. The molecule has 0 aliphatic heterocycles. The van der Waals surface area contributed by atoms with E-state index in [-0.39, 0.29) is 11.5 Å². The average Bonchev–Trinajstić information content (AvgIpc) is 2.95. The van der Waals surface area contributed by atoms with E-state index in [9.17, 15) is 9.18 Å². The molecule has 3 aromatic rings. The van der Waals surface area contributed by atoms with Crippen LogP contribution < -0.4 is 11.1 Å². The van der Waals surface area contributed by atoms with Crippen molar-refractivity contribution in [1.29, 1.82) is 0 Å². The van der Waals surface area contributed by atoms with Gasteiger partial charge >= 0.3 is 0 Å². The Balaban J connectivity index is 1.89. The first-order valence-electron chi connectivity index (χ1n) is 7.18. The number of anilines is 1. The van der Waals surface area contributed by atoms with Crippen LogP contribution >= 0.6 is 0 Å². The number of aromatic amines is 1. The van der Waals surface area contributed by atoms with Crippen LogP contribution in [0, 0.1) is 5.82 Å². The second-order valence-corrected chi connectivity index (χ2v) is 5.97. The third kappa shape index (κ3) is 2.93. The van der Waals surface area contributed by atoms with Gasteiger partial charge in [0.1, 0.15) is 11.5 Å². The summed E-state index contributed by atoms with van der Waals surface area (Å²) in [4.78, 5) is 19.5. The number of H-pyrrole nitrogens is 1. The largest absolute Gasteiger partial charge is 0.346 e. The van der Waals surface area contributed by atoms with Gasteiger partial charge in [-0.25, -0.2) is 9.37 Å². The number of nitrogens with one attached hydrogen (secondary N) is 2. The van der Waals surface area contributed by atoms with E-state index in [0.29, 0.717) is 16.9 Å². The van der Waals surface area contributed by atoms with Crippen molar-refractivity contribution in [2.75, 3.05) is 5.32 Å². The summed E-state index contributed by atoms with van der Waals surface area (Å²) in [6, 6.07) is 7.83. The molecule has 0 spiro atoms. The number of carbonyl (C=O) groups excluding carboxylic acids is 1. The molecule has 0 unspecified atom stereocenters. The molecule has 2 aromatic heterocycles. The zero-order valence-electron chi connectivity index (χ0n) is 12.9. The number of rotatable bonds is 3. The molecule has 6 heteroatoms. The maximum Gasteiger partial charge on any atom is 0.255 e. The van der Waals surface area contributed by atoms with E-state index in [1.54, 1.807) is 44.4 Å². The quantitative estimate of drug-likeness (QED) is 0.694. The number of benzene rings is 1. The Labute approximate surface area is 132 Å². The number of hydrogen-bond acceptors (Lipinski definition) is 3. The van der Waals surface area contributed by atoms with Crippen molar-refractivity contribution in [3.63, 3.8) is 0 Å². The fourth-order valence-corrected chi connectivity index (χ4v) is 2.44. The first-order valence-corrected chi connectivity index (χ1v) is 7.18. The minimum atomic E-state index is -0.804. The predicted octanol–water partition coefficient (Wildman–Crippen LogP) is 3.15. The van der Waals surface area contributed by atoms with E-state index in [4.69, 9.17) is 5.73 Å². The summed E-state index contributed by atoms with van der Waals surface area (Å²) in [5.74, 6) is -0.884. The van der Waals surface area contributed by atoms with E-state index in [1.807, 2.05) is 6.07 Å². The lowest BCUT2D eigenvalue weighted by atomic mass is 9.94. The zero-order valence-corrected chi connectivity index (χ0v) is 12.9. The van der Waals surface area contributed by atoms with Gasteiger partial charge in [-0.3, -0.25) is 4.79 Å². The second kappa shape index (κ2) is 5.48. The molecule has 0 fully saturated rings. The van der Waals surface area contributed by atoms with Crippen molar-refractivity contribution in [3.8, 4) is 0 Å². The fourth-order valence-electron chi connectivity index (χ4n) is 2.44. The molecule has 0 bridgehead atoms. The molecular weight excluding hydrogens is 295 g/mol.